The molecule has 0 aliphatic heterocycles. The van der Waals surface area contributed by atoms with Crippen molar-refractivity contribution in [1.29, 1.82) is 0 Å². The molecule has 0 atom stereocenters. The molecule has 0 aromatic rings. The summed E-state index contributed by atoms with van der Waals surface area (Å²) in [4.78, 5) is 7.14. The van der Waals surface area contributed by atoms with Crippen molar-refractivity contribution in [2.75, 3.05) is 13.2 Å². The van der Waals surface area contributed by atoms with Gasteiger partial charge in [0.2, 0.25) is 0 Å². The minimum Gasteiger partial charge on any atom is -0.442 e. The molecule has 10 heavy (non-hydrogen) atoms. The van der Waals surface area contributed by atoms with Gasteiger partial charge in [0.25, 0.3) is 0 Å². The van der Waals surface area contributed by atoms with Crippen LogP contribution < -0.4 is 0 Å². The van der Waals surface area contributed by atoms with Gasteiger partial charge in [0.15, 0.2) is 0 Å². The zero-order chi connectivity index (χ0) is 8.24. The SMILES string of the molecule is OCCCCCCO.O[SiH3]. The lowest BCUT2D eigenvalue weighted by Crippen LogP contribution is -1.85. The van der Waals surface area contributed by atoms with Crippen LogP contribution in [0.3, 0.4) is 0 Å². The Morgan fingerprint density at radius 3 is 1.20 bits per heavy atom. The Hall–Kier alpha value is 0.0969. The van der Waals surface area contributed by atoms with Crippen molar-refractivity contribution >= 4 is 10.5 Å². The second kappa shape index (κ2) is 16.0. The molecular weight excluding hydrogens is 148 g/mol. The van der Waals surface area contributed by atoms with E-state index in [0.717, 1.165) is 25.7 Å². The molecule has 0 amide bonds. The van der Waals surface area contributed by atoms with Gasteiger partial charge in [0, 0.05) is 13.2 Å². The number of aliphatic hydroxyl groups is 2. The lowest BCUT2D eigenvalue weighted by Gasteiger charge is -1.93. The summed E-state index contributed by atoms with van der Waals surface area (Å²) in [5, 5.41) is 16.6. The molecule has 0 saturated heterocycles. The maximum Gasteiger partial charge on any atom is 0.141 e. The molecule has 0 saturated carbocycles. The number of hydrogen-bond acceptors (Lipinski definition) is 3. The van der Waals surface area contributed by atoms with Gasteiger partial charge in [0.1, 0.15) is 10.5 Å². The van der Waals surface area contributed by atoms with Crippen molar-refractivity contribution in [1.82, 2.24) is 0 Å². The summed E-state index contributed by atoms with van der Waals surface area (Å²) in [5.74, 6) is 0. The third-order valence-corrected chi connectivity index (χ3v) is 1.07. The number of aliphatic hydroxyl groups excluding tert-OH is 2. The van der Waals surface area contributed by atoms with Gasteiger partial charge in [-0.2, -0.15) is 0 Å². The van der Waals surface area contributed by atoms with E-state index in [2.05, 4.69) is 0 Å². The lowest BCUT2D eigenvalue weighted by atomic mass is 10.2. The molecular formula is C6H18O3Si. The first-order chi connectivity index (χ1) is 4.91. The molecule has 3 nitrogen and oxygen atoms in total. The van der Waals surface area contributed by atoms with Gasteiger partial charge in [-0.3, -0.25) is 0 Å². The van der Waals surface area contributed by atoms with Crippen molar-refractivity contribution in [3.8, 4) is 0 Å². The fourth-order valence-electron chi connectivity index (χ4n) is 0.577. The summed E-state index contributed by atoms with van der Waals surface area (Å²) in [6.07, 6.45) is 3.83. The maximum absolute atomic E-state index is 8.30. The maximum atomic E-state index is 8.30. The van der Waals surface area contributed by atoms with Gasteiger partial charge < -0.3 is 15.0 Å². The minimum absolute atomic E-state index is 0.283. The van der Waals surface area contributed by atoms with Crippen LogP contribution in [0.15, 0.2) is 0 Å². The molecule has 3 N–H and O–H groups in total. The highest BCUT2D eigenvalue weighted by atomic mass is 28.2. The van der Waals surface area contributed by atoms with Crippen molar-refractivity contribution in [2.24, 2.45) is 0 Å². The van der Waals surface area contributed by atoms with Crippen LogP contribution in [0.5, 0.6) is 0 Å². The Morgan fingerprint density at radius 2 is 1.00 bits per heavy atom. The van der Waals surface area contributed by atoms with Crippen LogP contribution >= 0.6 is 0 Å². The highest BCUT2D eigenvalue weighted by Gasteiger charge is 1.84. The van der Waals surface area contributed by atoms with Crippen LogP contribution in [-0.2, 0) is 0 Å². The van der Waals surface area contributed by atoms with E-state index < -0.39 is 0 Å². The van der Waals surface area contributed by atoms with E-state index in [0.29, 0.717) is 10.5 Å². The Bertz CT molecular complexity index is 38.0. The number of unbranched alkanes of at least 4 members (excludes halogenated alkanes) is 3. The third-order valence-electron chi connectivity index (χ3n) is 1.07. The molecule has 0 rings (SSSR count). The summed E-state index contributed by atoms with van der Waals surface area (Å²) >= 11 is 0. The molecule has 0 spiro atoms. The van der Waals surface area contributed by atoms with E-state index in [9.17, 15) is 0 Å². The van der Waals surface area contributed by atoms with Crippen LogP contribution in [0, 0.1) is 0 Å². The van der Waals surface area contributed by atoms with Crippen LogP contribution in [0.2, 0.25) is 0 Å². The van der Waals surface area contributed by atoms with Gasteiger partial charge in [-0.25, -0.2) is 0 Å². The average molecular weight is 166 g/mol. The first-order valence-corrected chi connectivity index (χ1v) is 4.47. The molecule has 4 heteroatoms. The predicted octanol–water partition coefficient (Wildman–Crippen LogP) is -1.21. The van der Waals surface area contributed by atoms with E-state index in [4.69, 9.17) is 15.0 Å². The molecule has 0 aromatic heterocycles. The van der Waals surface area contributed by atoms with Gasteiger partial charge in [-0.1, -0.05) is 12.8 Å². The molecule has 0 heterocycles. The molecule has 0 fully saturated rings. The lowest BCUT2D eigenvalue weighted by molar-refractivity contribution is 0.265. The Kier molecular flexibility index (Phi) is 20.4. The smallest absolute Gasteiger partial charge is 0.141 e. The zero-order valence-electron chi connectivity index (χ0n) is 6.58. The van der Waals surface area contributed by atoms with Crippen LogP contribution in [-0.4, -0.2) is 38.7 Å². The first-order valence-electron chi connectivity index (χ1n) is 3.58. The minimum atomic E-state index is 0.283. The molecule has 0 radical (unpaired) electrons. The van der Waals surface area contributed by atoms with Crippen molar-refractivity contribution < 1.29 is 15.0 Å². The molecule has 0 aliphatic rings. The average Bonchev–Trinajstić information content (AvgIpc) is 2.02. The fraction of sp³-hybridized carbons (Fsp3) is 1.00. The predicted molar refractivity (Wildman–Crippen MR) is 44.8 cm³/mol. The fourth-order valence-corrected chi connectivity index (χ4v) is 0.577. The largest absolute Gasteiger partial charge is 0.442 e. The van der Waals surface area contributed by atoms with Gasteiger partial charge in [-0.15, -0.1) is 0 Å². The standard InChI is InChI=1S/C6H14O2.H4OSi/c7-5-3-1-2-4-6-8;1-2/h7-8H,1-6H2;1H,2H3. The van der Waals surface area contributed by atoms with Gasteiger partial charge in [0.05, 0.1) is 0 Å². The summed E-state index contributed by atoms with van der Waals surface area (Å²) in [6.45, 7) is 0.566. The summed E-state index contributed by atoms with van der Waals surface area (Å²) in [5.41, 5.74) is 0. The van der Waals surface area contributed by atoms with E-state index in [1.54, 1.807) is 0 Å². The summed E-state index contributed by atoms with van der Waals surface area (Å²) in [7, 11) is 0.306. The summed E-state index contributed by atoms with van der Waals surface area (Å²) < 4.78 is 0. The van der Waals surface area contributed by atoms with E-state index in [1.165, 1.54) is 0 Å². The normalized spacial score (nSPS) is 8.70. The zero-order valence-corrected chi connectivity index (χ0v) is 8.58. The van der Waals surface area contributed by atoms with Crippen molar-refractivity contribution in [3.63, 3.8) is 0 Å². The van der Waals surface area contributed by atoms with Crippen molar-refractivity contribution in [3.05, 3.63) is 0 Å². The second-order valence-corrected chi connectivity index (χ2v) is 1.86. The van der Waals surface area contributed by atoms with Gasteiger partial charge in [-0.05, 0) is 12.8 Å². The van der Waals surface area contributed by atoms with E-state index >= 15 is 0 Å². The molecule has 0 unspecified atom stereocenters. The summed E-state index contributed by atoms with van der Waals surface area (Å²) in [6, 6.07) is 0. The highest BCUT2D eigenvalue weighted by molar-refractivity contribution is 5.95. The highest BCUT2D eigenvalue weighted by Crippen LogP contribution is 1.96. The quantitative estimate of drug-likeness (QED) is 0.355. The first kappa shape index (κ1) is 12.7. The topological polar surface area (TPSA) is 60.7 Å². The molecule has 0 aliphatic carbocycles. The Labute approximate surface area is 65.2 Å². The van der Waals surface area contributed by atoms with Crippen LogP contribution in [0.1, 0.15) is 25.7 Å². The molecule has 0 bridgehead atoms. The van der Waals surface area contributed by atoms with Crippen LogP contribution in [0.25, 0.3) is 0 Å². The molecule has 64 valence electrons. The molecule has 0 aromatic carbocycles. The van der Waals surface area contributed by atoms with E-state index in [1.807, 2.05) is 0 Å². The second-order valence-electron chi connectivity index (χ2n) is 1.86. The van der Waals surface area contributed by atoms with Gasteiger partial charge >= 0.3 is 0 Å². The number of rotatable bonds is 5. The number of hydrogen-bond donors (Lipinski definition) is 3. The monoisotopic (exact) mass is 166 g/mol. The van der Waals surface area contributed by atoms with Crippen LogP contribution in [0.4, 0.5) is 0 Å². The Balaban J connectivity index is 0. The Morgan fingerprint density at radius 1 is 0.700 bits per heavy atom. The van der Waals surface area contributed by atoms with E-state index in [-0.39, 0.29) is 13.2 Å². The van der Waals surface area contributed by atoms with Crippen molar-refractivity contribution in [2.45, 2.75) is 25.7 Å². The third kappa shape index (κ3) is 15.7.